The van der Waals surface area contributed by atoms with E-state index < -0.39 is 6.10 Å². The molecule has 0 saturated carbocycles. The molecule has 152 valence electrons. The van der Waals surface area contributed by atoms with E-state index in [1.54, 1.807) is 23.6 Å². The zero-order valence-corrected chi connectivity index (χ0v) is 16.7. The van der Waals surface area contributed by atoms with Crippen molar-refractivity contribution in [1.29, 1.82) is 0 Å². The lowest BCUT2D eigenvalue weighted by molar-refractivity contribution is -0.121. The van der Waals surface area contributed by atoms with Gasteiger partial charge < -0.3 is 19.9 Å². The highest BCUT2D eigenvalue weighted by atomic mass is 16.3. The molecule has 1 aromatic heterocycles. The average molecular weight is 394 g/mol. The number of carbonyl (C=O) groups excluding carboxylic acids is 1. The first kappa shape index (κ1) is 20.5. The summed E-state index contributed by atoms with van der Waals surface area (Å²) in [5.74, 6) is 0.180. The lowest BCUT2D eigenvalue weighted by Gasteiger charge is -2.16. The number of anilines is 1. The predicted octanol–water partition coefficient (Wildman–Crippen LogP) is 2.09. The molecule has 1 unspecified atom stereocenters. The number of benzene rings is 2. The van der Waals surface area contributed by atoms with Gasteiger partial charge in [-0.25, -0.2) is 4.98 Å². The molecule has 0 fully saturated rings. The summed E-state index contributed by atoms with van der Waals surface area (Å²) in [6.45, 7) is 0.625. The molecule has 2 N–H and O–H groups in total. The van der Waals surface area contributed by atoms with Crippen molar-refractivity contribution in [2.24, 2.45) is 0 Å². The maximum absolute atomic E-state index is 12.8. The topological polar surface area (TPSA) is 87.5 Å². The van der Waals surface area contributed by atoms with E-state index in [0.29, 0.717) is 29.8 Å². The molecule has 0 saturated heterocycles. The van der Waals surface area contributed by atoms with Gasteiger partial charge in [0, 0.05) is 33.6 Å². The molecule has 3 rings (SSSR count). The number of hydrogen-bond donors (Lipinski definition) is 2. The fourth-order valence-corrected chi connectivity index (χ4v) is 3.18. The Kier molecular flexibility index (Phi) is 6.61. The maximum atomic E-state index is 12.8. The zero-order valence-electron chi connectivity index (χ0n) is 16.7. The third-order valence-electron chi connectivity index (χ3n) is 4.75. The molecule has 2 aromatic carbocycles. The van der Waals surface area contributed by atoms with Crippen LogP contribution in [0, 0.1) is 0 Å². The predicted molar refractivity (Wildman–Crippen MR) is 114 cm³/mol. The summed E-state index contributed by atoms with van der Waals surface area (Å²) in [7, 11) is 3.54. The van der Waals surface area contributed by atoms with Crippen LogP contribution in [0.5, 0.6) is 0 Å². The van der Waals surface area contributed by atoms with E-state index in [1.807, 2.05) is 54.6 Å². The van der Waals surface area contributed by atoms with E-state index in [1.165, 1.54) is 0 Å². The van der Waals surface area contributed by atoms with Gasteiger partial charge in [0.05, 0.1) is 17.1 Å². The van der Waals surface area contributed by atoms with Gasteiger partial charge in [-0.1, -0.05) is 42.5 Å². The number of aryl methyl sites for hydroxylation is 1. The number of aromatic nitrogens is 2. The molecule has 7 heteroatoms. The van der Waals surface area contributed by atoms with Gasteiger partial charge in [0.1, 0.15) is 0 Å². The van der Waals surface area contributed by atoms with Gasteiger partial charge >= 0.3 is 0 Å². The smallest absolute Gasteiger partial charge is 0.293 e. The van der Waals surface area contributed by atoms with E-state index in [2.05, 4.69) is 10.3 Å². The number of amides is 1. The van der Waals surface area contributed by atoms with Crippen LogP contribution in [0.3, 0.4) is 0 Å². The van der Waals surface area contributed by atoms with Crippen LogP contribution < -0.4 is 15.8 Å². The molecule has 0 aliphatic carbocycles. The van der Waals surface area contributed by atoms with Crippen molar-refractivity contribution in [3.63, 3.8) is 0 Å². The van der Waals surface area contributed by atoms with E-state index in [9.17, 15) is 14.7 Å². The lowest BCUT2D eigenvalue weighted by Crippen LogP contribution is -2.32. The van der Waals surface area contributed by atoms with Crippen LogP contribution in [0.1, 0.15) is 24.5 Å². The van der Waals surface area contributed by atoms with E-state index in [-0.39, 0.29) is 24.4 Å². The molecule has 0 radical (unpaired) electrons. The molecular weight excluding hydrogens is 368 g/mol. The maximum Gasteiger partial charge on any atom is 0.293 e. The van der Waals surface area contributed by atoms with Gasteiger partial charge in [-0.2, -0.15) is 0 Å². The first-order valence-corrected chi connectivity index (χ1v) is 9.64. The normalized spacial score (nSPS) is 12.0. The molecule has 1 heterocycles. The fraction of sp³-hybridized carbons (Fsp3) is 0.318. The van der Waals surface area contributed by atoms with E-state index in [0.717, 1.165) is 5.56 Å². The number of aliphatic hydroxyl groups excluding tert-OH is 1. The second kappa shape index (κ2) is 9.34. The SMILES string of the molecule is CN(C)c1nc2ccccc2n(CCC(=O)NCCC(O)c2ccccc2)c1=O. The summed E-state index contributed by atoms with van der Waals surface area (Å²) in [6.07, 6.45) is -0.0214. The number of fused-ring (bicyclic) bond motifs is 1. The van der Waals surface area contributed by atoms with Crippen molar-refractivity contribution < 1.29 is 9.90 Å². The molecule has 0 spiro atoms. The van der Waals surface area contributed by atoms with Crippen molar-refractivity contribution in [2.75, 3.05) is 25.5 Å². The molecule has 3 aromatic rings. The minimum absolute atomic E-state index is 0.163. The lowest BCUT2D eigenvalue weighted by atomic mass is 10.1. The molecule has 0 aliphatic heterocycles. The molecule has 1 atom stereocenters. The minimum atomic E-state index is -0.620. The second-order valence-corrected chi connectivity index (χ2v) is 7.09. The Morgan fingerprint density at radius 2 is 1.83 bits per heavy atom. The molecule has 0 aliphatic rings. The van der Waals surface area contributed by atoms with E-state index in [4.69, 9.17) is 0 Å². The average Bonchev–Trinajstić information content (AvgIpc) is 2.73. The Morgan fingerprint density at radius 3 is 2.55 bits per heavy atom. The largest absolute Gasteiger partial charge is 0.388 e. The Balaban J connectivity index is 1.62. The summed E-state index contributed by atoms with van der Waals surface area (Å²) in [6, 6.07) is 16.7. The second-order valence-electron chi connectivity index (χ2n) is 7.09. The number of carbonyl (C=O) groups is 1. The number of nitrogens with zero attached hydrogens (tertiary/aromatic N) is 3. The van der Waals surface area contributed by atoms with Gasteiger partial charge in [0.25, 0.3) is 5.56 Å². The number of para-hydroxylation sites is 2. The summed E-state index contributed by atoms with van der Waals surface area (Å²) >= 11 is 0. The van der Waals surface area contributed by atoms with Gasteiger partial charge in [-0.15, -0.1) is 0 Å². The van der Waals surface area contributed by atoms with Crippen LogP contribution in [-0.4, -0.2) is 41.2 Å². The Bertz CT molecular complexity index is 1030. The quantitative estimate of drug-likeness (QED) is 0.611. The number of nitrogens with one attached hydrogen (secondary N) is 1. The highest BCUT2D eigenvalue weighted by Crippen LogP contribution is 2.15. The monoisotopic (exact) mass is 394 g/mol. The standard InChI is InChI=1S/C22H26N4O3/c1-25(2)21-22(29)26(18-11-7-6-10-17(18)24-21)15-13-20(28)23-14-12-19(27)16-8-4-3-5-9-16/h3-11,19,27H,12-15H2,1-2H3,(H,23,28). The van der Waals surface area contributed by atoms with Crippen molar-refractivity contribution in [1.82, 2.24) is 14.9 Å². The van der Waals surface area contributed by atoms with Gasteiger partial charge in [-0.3, -0.25) is 9.59 Å². The van der Waals surface area contributed by atoms with Crippen molar-refractivity contribution in [3.8, 4) is 0 Å². The van der Waals surface area contributed by atoms with Crippen LogP contribution in [-0.2, 0) is 11.3 Å². The van der Waals surface area contributed by atoms with Crippen molar-refractivity contribution in [2.45, 2.75) is 25.5 Å². The highest BCUT2D eigenvalue weighted by molar-refractivity contribution is 5.78. The Morgan fingerprint density at radius 1 is 1.14 bits per heavy atom. The van der Waals surface area contributed by atoms with Crippen LogP contribution in [0.25, 0.3) is 11.0 Å². The van der Waals surface area contributed by atoms with Gasteiger partial charge in [0.2, 0.25) is 5.91 Å². The highest BCUT2D eigenvalue weighted by Gasteiger charge is 2.14. The van der Waals surface area contributed by atoms with Crippen LogP contribution in [0.4, 0.5) is 5.82 Å². The summed E-state index contributed by atoms with van der Waals surface area (Å²) < 4.78 is 1.59. The van der Waals surface area contributed by atoms with Crippen LogP contribution >= 0.6 is 0 Å². The summed E-state index contributed by atoms with van der Waals surface area (Å²) in [5.41, 5.74) is 2.02. The molecule has 0 bridgehead atoms. The van der Waals surface area contributed by atoms with Crippen molar-refractivity contribution in [3.05, 3.63) is 70.5 Å². The van der Waals surface area contributed by atoms with E-state index >= 15 is 0 Å². The van der Waals surface area contributed by atoms with Gasteiger partial charge in [-0.05, 0) is 24.1 Å². The third kappa shape index (κ3) is 5.00. The number of aliphatic hydroxyl groups is 1. The van der Waals surface area contributed by atoms with Crippen molar-refractivity contribution >= 4 is 22.8 Å². The summed E-state index contributed by atoms with van der Waals surface area (Å²) in [5, 5.41) is 13.0. The first-order valence-electron chi connectivity index (χ1n) is 9.64. The third-order valence-corrected chi connectivity index (χ3v) is 4.75. The zero-order chi connectivity index (χ0) is 20.8. The fourth-order valence-electron chi connectivity index (χ4n) is 3.18. The van der Waals surface area contributed by atoms with Crippen LogP contribution in [0.2, 0.25) is 0 Å². The Hall–Kier alpha value is -3.19. The number of rotatable bonds is 8. The summed E-state index contributed by atoms with van der Waals surface area (Å²) in [4.78, 5) is 31.2. The number of hydrogen-bond acceptors (Lipinski definition) is 5. The Labute approximate surface area is 169 Å². The molecule has 7 nitrogen and oxygen atoms in total. The van der Waals surface area contributed by atoms with Gasteiger partial charge in [0.15, 0.2) is 5.82 Å². The van der Waals surface area contributed by atoms with Crippen LogP contribution in [0.15, 0.2) is 59.4 Å². The molecular formula is C22H26N4O3. The minimum Gasteiger partial charge on any atom is -0.388 e. The molecule has 1 amide bonds. The first-order chi connectivity index (χ1) is 14.0. The molecule has 29 heavy (non-hydrogen) atoms.